The van der Waals surface area contributed by atoms with E-state index in [9.17, 15) is 0 Å². The second-order valence-electron chi connectivity index (χ2n) is 6.30. The van der Waals surface area contributed by atoms with E-state index in [-0.39, 0.29) is 30.0 Å². The zero-order chi connectivity index (χ0) is 16.5. The SMILES string of the molecule is CN=C(NCCOC1CCCCCC1)NC(C)c1ccc(C)o1.I. The summed E-state index contributed by atoms with van der Waals surface area (Å²) in [7, 11) is 1.78. The maximum atomic E-state index is 5.99. The number of guanidine groups is 1. The smallest absolute Gasteiger partial charge is 0.191 e. The van der Waals surface area contributed by atoms with Crippen molar-refractivity contribution >= 4 is 29.9 Å². The van der Waals surface area contributed by atoms with Gasteiger partial charge in [-0.1, -0.05) is 25.7 Å². The normalized spacial score (nSPS) is 17.7. The number of aryl methyl sites for hydroxylation is 1. The van der Waals surface area contributed by atoms with E-state index in [1.165, 1.54) is 38.5 Å². The average Bonchev–Trinajstić information content (AvgIpc) is 2.83. The minimum Gasteiger partial charge on any atom is -0.464 e. The molecule has 1 atom stereocenters. The van der Waals surface area contributed by atoms with Gasteiger partial charge in [0.2, 0.25) is 0 Å². The highest BCUT2D eigenvalue weighted by atomic mass is 127. The van der Waals surface area contributed by atoms with E-state index in [1.54, 1.807) is 7.05 Å². The molecule has 0 bridgehead atoms. The molecular formula is C18H32IN3O2. The second-order valence-corrected chi connectivity index (χ2v) is 6.30. The molecule has 1 aliphatic rings. The molecule has 24 heavy (non-hydrogen) atoms. The molecule has 138 valence electrons. The lowest BCUT2D eigenvalue weighted by Crippen LogP contribution is -2.40. The molecule has 0 spiro atoms. The van der Waals surface area contributed by atoms with Crippen LogP contribution in [0.4, 0.5) is 0 Å². The summed E-state index contributed by atoms with van der Waals surface area (Å²) in [5, 5.41) is 6.64. The zero-order valence-corrected chi connectivity index (χ0v) is 17.5. The summed E-state index contributed by atoms with van der Waals surface area (Å²) in [6, 6.07) is 4.05. The molecule has 1 aromatic rings. The van der Waals surface area contributed by atoms with E-state index >= 15 is 0 Å². The van der Waals surface area contributed by atoms with E-state index < -0.39 is 0 Å². The number of aliphatic imine (C=N–C) groups is 1. The van der Waals surface area contributed by atoms with E-state index in [1.807, 2.05) is 19.1 Å². The van der Waals surface area contributed by atoms with Crippen LogP contribution in [0.25, 0.3) is 0 Å². The van der Waals surface area contributed by atoms with Crippen molar-refractivity contribution in [2.24, 2.45) is 4.99 Å². The van der Waals surface area contributed by atoms with E-state index in [4.69, 9.17) is 9.15 Å². The van der Waals surface area contributed by atoms with Crippen molar-refractivity contribution in [2.75, 3.05) is 20.2 Å². The number of furan rings is 1. The van der Waals surface area contributed by atoms with Crippen molar-refractivity contribution in [3.05, 3.63) is 23.7 Å². The molecular weight excluding hydrogens is 417 g/mol. The first kappa shape index (κ1) is 21.3. The summed E-state index contributed by atoms with van der Waals surface area (Å²) in [5.41, 5.74) is 0. The average molecular weight is 449 g/mol. The van der Waals surface area contributed by atoms with Crippen molar-refractivity contribution in [1.29, 1.82) is 0 Å². The fraction of sp³-hybridized carbons (Fsp3) is 0.722. The Labute approximate surface area is 163 Å². The number of hydrogen-bond donors (Lipinski definition) is 2. The van der Waals surface area contributed by atoms with Crippen molar-refractivity contribution in [2.45, 2.75) is 64.5 Å². The summed E-state index contributed by atoms with van der Waals surface area (Å²) >= 11 is 0. The third-order valence-corrected chi connectivity index (χ3v) is 4.32. The van der Waals surface area contributed by atoms with Gasteiger partial charge in [0.15, 0.2) is 5.96 Å². The Balaban J connectivity index is 0.00000288. The lowest BCUT2D eigenvalue weighted by molar-refractivity contribution is 0.0468. The molecule has 1 aromatic heterocycles. The number of nitrogens with zero attached hydrogens (tertiary/aromatic N) is 1. The Morgan fingerprint density at radius 1 is 1.29 bits per heavy atom. The van der Waals surface area contributed by atoms with Crippen molar-refractivity contribution in [3.8, 4) is 0 Å². The van der Waals surface area contributed by atoms with Gasteiger partial charge in [-0.2, -0.15) is 0 Å². The molecule has 2 N–H and O–H groups in total. The Morgan fingerprint density at radius 2 is 2.00 bits per heavy atom. The highest BCUT2D eigenvalue weighted by Gasteiger charge is 2.13. The molecule has 0 radical (unpaired) electrons. The topological polar surface area (TPSA) is 58.8 Å². The molecule has 1 heterocycles. The molecule has 1 unspecified atom stereocenters. The number of halogens is 1. The molecule has 5 nitrogen and oxygen atoms in total. The second kappa shape index (κ2) is 11.7. The fourth-order valence-corrected chi connectivity index (χ4v) is 2.96. The molecule has 0 amide bonds. The quantitative estimate of drug-likeness (QED) is 0.225. The third kappa shape index (κ3) is 7.42. The molecule has 1 aliphatic carbocycles. The summed E-state index contributed by atoms with van der Waals surface area (Å²) in [5.74, 6) is 2.62. The van der Waals surface area contributed by atoms with Crippen LogP contribution in [0.5, 0.6) is 0 Å². The largest absolute Gasteiger partial charge is 0.464 e. The van der Waals surface area contributed by atoms with Crippen molar-refractivity contribution in [3.63, 3.8) is 0 Å². The Morgan fingerprint density at radius 3 is 2.58 bits per heavy atom. The lowest BCUT2D eigenvalue weighted by Gasteiger charge is -2.18. The Bertz CT molecular complexity index is 482. The highest BCUT2D eigenvalue weighted by Crippen LogP contribution is 2.19. The van der Waals surface area contributed by atoms with Crippen molar-refractivity contribution < 1.29 is 9.15 Å². The molecule has 6 heteroatoms. The summed E-state index contributed by atoms with van der Waals surface area (Å²) in [4.78, 5) is 4.26. The minimum atomic E-state index is 0. The molecule has 1 fully saturated rings. The number of nitrogens with one attached hydrogen (secondary N) is 2. The summed E-state index contributed by atoms with van der Waals surface area (Å²) < 4.78 is 11.6. The minimum absolute atomic E-state index is 0. The van der Waals surface area contributed by atoms with E-state index in [0.29, 0.717) is 6.10 Å². The van der Waals surface area contributed by atoms with Gasteiger partial charge in [-0.15, -0.1) is 24.0 Å². The van der Waals surface area contributed by atoms with Gasteiger partial charge in [0.05, 0.1) is 18.8 Å². The number of hydrogen-bond acceptors (Lipinski definition) is 3. The van der Waals surface area contributed by atoms with Crippen LogP contribution in [0.3, 0.4) is 0 Å². The summed E-state index contributed by atoms with van der Waals surface area (Å²) in [6.07, 6.45) is 8.20. The Kier molecular flexibility index (Phi) is 10.4. The van der Waals surface area contributed by atoms with Gasteiger partial charge in [-0.25, -0.2) is 0 Å². The van der Waals surface area contributed by atoms with Crippen LogP contribution in [-0.2, 0) is 4.74 Å². The third-order valence-electron chi connectivity index (χ3n) is 4.32. The molecule has 0 saturated heterocycles. The molecule has 2 rings (SSSR count). The van der Waals surface area contributed by atoms with Gasteiger partial charge < -0.3 is 19.8 Å². The van der Waals surface area contributed by atoms with Gasteiger partial charge in [-0.3, -0.25) is 4.99 Å². The van der Waals surface area contributed by atoms with Crippen LogP contribution in [0.1, 0.15) is 63.0 Å². The first-order valence-corrected chi connectivity index (χ1v) is 8.84. The monoisotopic (exact) mass is 449 g/mol. The van der Waals surface area contributed by atoms with Crippen LogP contribution in [-0.4, -0.2) is 32.3 Å². The van der Waals surface area contributed by atoms with Gasteiger partial charge in [0.1, 0.15) is 11.5 Å². The molecule has 0 aromatic carbocycles. The zero-order valence-electron chi connectivity index (χ0n) is 15.1. The molecule has 1 saturated carbocycles. The highest BCUT2D eigenvalue weighted by molar-refractivity contribution is 14.0. The maximum Gasteiger partial charge on any atom is 0.191 e. The summed E-state index contributed by atoms with van der Waals surface area (Å²) in [6.45, 7) is 5.50. The first-order valence-electron chi connectivity index (χ1n) is 8.84. The first-order chi connectivity index (χ1) is 11.2. The van der Waals surface area contributed by atoms with Crippen LogP contribution in [0, 0.1) is 6.92 Å². The number of rotatable bonds is 6. The predicted molar refractivity (Wildman–Crippen MR) is 109 cm³/mol. The van der Waals surface area contributed by atoms with Crippen LogP contribution in [0.15, 0.2) is 21.5 Å². The predicted octanol–water partition coefficient (Wildman–Crippen LogP) is 4.17. The van der Waals surface area contributed by atoms with E-state index in [2.05, 4.69) is 22.5 Å². The molecule has 0 aliphatic heterocycles. The fourth-order valence-electron chi connectivity index (χ4n) is 2.96. The van der Waals surface area contributed by atoms with Crippen molar-refractivity contribution in [1.82, 2.24) is 10.6 Å². The van der Waals surface area contributed by atoms with E-state index in [0.717, 1.165) is 30.6 Å². The maximum absolute atomic E-state index is 5.99. The van der Waals surface area contributed by atoms with Crippen LogP contribution >= 0.6 is 24.0 Å². The van der Waals surface area contributed by atoms with Gasteiger partial charge in [-0.05, 0) is 38.8 Å². The van der Waals surface area contributed by atoms with Gasteiger partial charge >= 0.3 is 0 Å². The number of ether oxygens (including phenoxy) is 1. The Hall–Kier alpha value is -0.760. The lowest BCUT2D eigenvalue weighted by atomic mass is 10.1. The van der Waals surface area contributed by atoms with Crippen LogP contribution in [0.2, 0.25) is 0 Å². The van der Waals surface area contributed by atoms with Gasteiger partial charge in [0.25, 0.3) is 0 Å². The van der Waals surface area contributed by atoms with Gasteiger partial charge in [0, 0.05) is 13.6 Å². The van der Waals surface area contributed by atoms with Crippen LogP contribution < -0.4 is 10.6 Å². The standard InChI is InChI=1S/C18H31N3O2.HI/c1-14-10-11-17(23-14)15(2)21-18(19-3)20-12-13-22-16-8-6-4-5-7-9-16;/h10-11,15-16H,4-9,12-13H2,1-3H3,(H2,19,20,21);1H.